The van der Waals surface area contributed by atoms with Gasteiger partial charge >= 0.3 is 5.97 Å². The van der Waals surface area contributed by atoms with Crippen molar-refractivity contribution in [3.05, 3.63) is 21.1 Å². The van der Waals surface area contributed by atoms with Gasteiger partial charge in [-0.25, -0.2) is 8.42 Å². The van der Waals surface area contributed by atoms with Crippen LogP contribution in [0.1, 0.15) is 13.3 Å². The van der Waals surface area contributed by atoms with Gasteiger partial charge in [-0.15, -0.1) is 0 Å². The van der Waals surface area contributed by atoms with Gasteiger partial charge in [0.25, 0.3) is 0 Å². The summed E-state index contributed by atoms with van der Waals surface area (Å²) in [5.74, 6) is -1.22. The SMILES string of the molecule is CCOC(=O)CS(=O)(=O)CCC=C1SC=CS1. The zero-order valence-corrected chi connectivity index (χ0v) is 11.9. The molecule has 1 aliphatic rings. The molecule has 4 nitrogen and oxygen atoms in total. The first-order chi connectivity index (χ1) is 8.03. The molecule has 0 N–H and O–H groups in total. The van der Waals surface area contributed by atoms with E-state index in [9.17, 15) is 13.2 Å². The molecule has 0 amide bonds. The number of hydrogen-bond donors (Lipinski definition) is 0. The Labute approximate surface area is 110 Å². The molecule has 0 aromatic carbocycles. The maximum Gasteiger partial charge on any atom is 0.321 e. The van der Waals surface area contributed by atoms with E-state index in [1.165, 1.54) is 0 Å². The average Bonchev–Trinajstić information content (AvgIpc) is 2.69. The van der Waals surface area contributed by atoms with Crippen molar-refractivity contribution in [3.8, 4) is 0 Å². The third-order valence-corrected chi connectivity index (χ3v) is 5.43. The highest BCUT2D eigenvalue weighted by Gasteiger charge is 2.16. The first kappa shape index (κ1) is 14.7. The zero-order chi connectivity index (χ0) is 12.7. The highest BCUT2D eigenvalue weighted by Crippen LogP contribution is 2.37. The van der Waals surface area contributed by atoms with Gasteiger partial charge in [-0.3, -0.25) is 4.79 Å². The van der Waals surface area contributed by atoms with Crippen molar-refractivity contribution in [2.75, 3.05) is 18.1 Å². The molecule has 0 aliphatic carbocycles. The van der Waals surface area contributed by atoms with E-state index in [1.807, 2.05) is 16.9 Å². The molecule has 0 atom stereocenters. The van der Waals surface area contributed by atoms with Gasteiger partial charge in [0.2, 0.25) is 0 Å². The number of hydrogen-bond acceptors (Lipinski definition) is 6. The van der Waals surface area contributed by atoms with E-state index in [1.54, 1.807) is 30.4 Å². The van der Waals surface area contributed by atoms with Crippen LogP contribution in [0.15, 0.2) is 21.1 Å². The molecule has 0 unspecified atom stereocenters. The number of allylic oxidation sites excluding steroid dienone is 1. The minimum Gasteiger partial charge on any atom is -0.465 e. The van der Waals surface area contributed by atoms with Gasteiger partial charge in [-0.1, -0.05) is 29.6 Å². The summed E-state index contributed by atoms with van der Waals surface area (Å²) in [6.07, 6.45) is 2.30. The third kappa shape index (κ3) is 6.18. The molecule has 0 saturated carbocycles. The zero-order valence-electron chi connectivity index (χ0n) is 9.42. The van der Waals surface area contributed by atoms with Crippen molar-refractivity contribution < 1.29 is 17.9 Å². The van der Waals surface area contributed by atoms with E-state index in [0.717, 1.165) is 4.24 Å². The summed E-state index contributed by atoms with van der Waals surface area (Å²) in [7, 11) is -3.35. The lowest BCUT2D eigenvalue weighted by Crippen LogP contribution is -2.20. The van der Waals surface area contributed by atoms with Crippen LogP contribution in [0.25, 0.3) is 0 Å². The lowest BCUT2D eigenvalue weighted by molar-refractivity contribution is -0.139. The van der Waals surface area contributed by atoms with Crippen LogP contribution in [0.3, 0.4) is 0 Å². The van der Waals surface area contributed by atoms with E-state index in [4.69, 9.17) is 0 Å². The standard InChI is InChI=1S/C10H14O4S3/c1-2-14-9(11)8-17(12,13)7-3-4-10-15-5-6-16-10/h4-6H,2-3,7-8H2,1H3. The molecule has 0 saturated heterocycles. The Bertz CT molecular complexity index is 413. The molecule has 1 rings (SSSR count). The molecule has 0 bridgehead atoms. The van der Waals surface area contributed by atoms with Gasteiger partial charge in [0.1, 0.15) is 5.75 Å². The minimum atomic E-state index is -3.35. The number of carbonyl (C=O) groups is 1. The minimum absolute atomic E-state index is 0.0174. The summed E-state index contributed by atoms with van der Waals surface area (Å²) in [6.45, 7) is 1.85. The van der Waals surface area contributed by atoms with Crippen LogP contribution in [0.2, 0.25) is 0 Å². The summed E-state index contributed by atoms with van der Waals surface area (Å²) >= 11 is 3.14. The van der Waals surface area contributed by atoms with Gasteiger partial charge in [0.15, 0.2) is 9.84 Å². The topological polar surface area (TPSA) is 60.4 Å². The quantitative estimate of drug-likeness (QED) is 0.700. The number of rotatable bonds is 6. The van der Waals surface area contributed by atoms with Gasteiger partial charge < -0.3 is 4.74 Å². The van der Waals surface area contributed by atoms with E-state index in [2.05, 4.69) is 4.74 Å². The smallest absolute Gasteiger partial charge is 0.321 e. The second-order valence-electron chi connectivity index (χ2n) is 3.22. The molecule has 0 aromatic rings. The maximum absolute atomic E-state index is 11.5. The molecule has 7 heteroatoms. The van der Waals surface area contributed by atoms with Crippen LogP contribution < -0.4 is 0 Å². The van der Waals surface area contributed by atoms with E-state index >= 15 is 0 Å². The fourth-order valence-corrected chi connectivity index (χ4v) is 3.88. The molecular formula is C10H14O4S3. The second-order valence-corrected chi connectivity index (χ2v) is 7.55. The Balaban J connectivity index is 2.34. The van der Waals surface area contributed by atoms with Crippen LogP contribution >= 0.6 is 23.5 Å². The Morgan fingerprint density at radius 2 is 2.06 bits per heavy atom. The fraction of sp³-hybridized carbons (Fsp3) is 0.500. The number of sulfone groups is 1. The Hall–Kier alpha value is -0.400. The number of carbonyl (C=O) groups excluding carboxylic acids is 1. The lowest BCUT2D eigenvalue weighted by Gasteiger charge is -2.02. The van der Waals surface area contributed by atoms with Crippen molar-refractivity contribution >= 4 is 39.3 Å². The summed E-state index contributed by atoms with van der Waals surface area (Å²) in [4.78, 5) is 11.0. The van der Waals surface area contributed by atoms with E-state index in [-0.39, 0.29) is 12.4 Å². The molecule has 1 aliphatic heterocycles. The molecular weight excluding hydrogens is 280 g/mol. The molecule has 0 aromatic heterocycles. The Kier molecular flexibility index (Phi) is 6.15. The van der Waals surface area contributed by atoms with Gasteiger partial charge in [-0.05, 0) is 24.2 Å². The predicted molar refractivity (Wildman–Crippen MR) is 72.3 cm³/mol. The monoisotopic (exact) mass is 294 g/mol. The van der Waals surface area contributed by atoms with Crippen LogP contribution in [0.5, 0.6) is 0 Å². The summed E-state index contributed by atoms with van der Waals surface area (Å²) in [5, 5.41) is 3.90. The highest BCUT2D eigenvalue weighted by atomic mass is 32.2. The molecule has 0 radical (unpaired) electrons. The molecule has 96 valence electrons. The number of ether oxygens (including phenoxy) is 1. The van der Waals surface area contributed by atoms with Crippen LogP contribution in [-0.2, 0) is 19.4 Å². The van der Waals surface area contributed by atoms with Crippen LogP contribution in [-0.4, -0.2) is 32.5 Å². The van der Waals surface area contributed by atoms with Crippen molar-refractivity contribution in [3.63, 3.8) is 0 Å². The lowest BCUT2D eigenvalue weighted by atomic mass is 10.5. The normalized spacial score (nSPS) is 15.0. The Morgan fingerprint density at radius 3 is 2.65 bits per heavy atom. The van der Waals surface area contributed by atoms with Crippen molar-refractivity contribution in [1.29, 1.82) is 0 Å². The summed E-state index contributed by atoms with van der Waals surface area (Å²) in [5.41, 5.74) is 0. The average molecular weight is 294 g/mol. The van der Waals surface area contributed by atoms with Gasteiger partial charge in [-0.2, -0.15) is 0 Å². The van der Waals surface area contributed by atoms with Gasteiger partial charge in [0, 0.05) is 4.24 Å². The fourth-order valence-electron chi connectivity index (χ4n) is 1.12. The highest BCUT2D eigenvalue weighted by molar-refractivity contribution is 8.27. The largest absolute Gasteiger partial charge is 0.465 e. The first-order valence-corrected chi connectivity index (χ1v) is 8.66. The third-order valence-electron chi connectivity index (χ3n) is 1.81. The van der Waals surface area contributed by atoms with Crippen LogP contribution in [0, 0.1) is 0 Å². The number of thioether (sulfide) groups is 2. The van der Waals surface area contributed by atoms with E-state index < -0.39 is 21.6 Å². The summed E-state index contributed by atoms with van der Waals surface area (Å²) < 4.78 is 28.7. The molecule has 1 heterocycles. The van der Waals surface area contributed by atoms with Crippen molar-refractivity contribution in [1.82, 2.24) is 0 Å². The number of esters is 1. The second kappa shape index (κ2) is 7.13. The van der Waals surface area contributed by atoms with Crippen molar-refractivity contribution in [2.24, 2.45) is 0 Å². The molecule has 0 spiro atoms. The van der Waals surface area contributed by atoms with E-state index in [0.29, 0.717) is 6.42 Å². The first-order valence-electron chi connectivity index (χ1n) is 5.08. The van der Waals surface area contributed by atoms with Crippen LogP contribution in [0.4, 0.5) is 0 Å². The van der Waals surface area contributed by atoms with Crippen molar-refractivity contribution in [2.45, 2.75) is 13.3 Å². The molecule has 17 heavy (non-hydrogen) atoms. The summed E-state index contributed by atoms with van der Waals surface area (Å²) in [6, 6.07) is 0. The Morgan fingerprint density at radius 1 is 1.41 bits per heavy atom. The predicted octanol–water partition coefficient (Wildman–Crippen LogP) is 2.15. The van der Waals surface area contributed by atoms with Gasteiger partial charge in [0.05, 0.1) is 12.4 Å². The maximum atomic E-state index is 11.5. The molecule has 0 fully saturated rings.